The summed E-state index contributed by atoms with van der Waals surface area (Å²) < 4.78 is 13.7. The third-order valence-corrected chi connectivity index (χ3v) is 3.65. The molecule has 0 fully saturated rings. The molecule has 0 amide bonds. The molecule has 1 N–H and O–H groups in total. The number of halogens is 1. The van der Waals surface area contributed by atoms with Crippen molar-refractivity contribution in [2.75, 3.05) is 7.05 Å². The lowest BCUT2D eigenvalue weighted by atomic mass is 10.00. The van der Waals surface area contributed by atoms with Gasteiger partial charge in [0.15, 0.2) is 0 Å². The van der Waals surface area contributed by atoms with Crippen LogP contribution >= 0.6 is 0 Å². The summed E-state index contributed by atoms with van der Waals surface area (Å²) in [6.07, 6.45) is 3.66. The van der Waals surface area contributed by atoms with E-state index in [0.29, 0.717) is 5.56 Å². The highest BCUT2D eigenvalue weighted by molar-refractivity contribution is 5.27. The van der Waals surface area contributed by atoms with Crippen molar-refractivity contribution in [2.45, 2.75) is 32.7 Å². The Kier molecular flexibility index (Phi) is 4.85. The fourth-order valence-corrected chi connectivity index (χ4v) is 2.21. The number of rotatable bonds is 5. The summed E-state index contributed by atoms with van der Waals surface area (Å²) in [7, 11) is 1.89. The molecule has 0 aliphatic carbocycles. The fourth-order valence-electron chi connectivity index (χ4n) is 2.21. The topological polar surface area (TPSA) is 24.9 Å². The first-order chi connectivity index (χ1) is 9.63. The first-order valence-electron chi connectivity index (χ1n) is 7.01. The van der Waals surface area contributed by atoms with Gasteiger partial charge in [0, 0.05) is 24.4 Å². The van der Waals surface area contributed by atoms with Gasteiger partial charge >= 0.3 is 0 Å². The van der Waals surface area contributed by atoms with Crippen LogP contribution in [0.2, 0.25) is 0 Å². The van der Waals surface area contributed by atoms with Gasteiger partial charge in [0.25, 0.3) is 0 Å². The van der Waals surface area contributed by atoms with Crippen LogP contribution in [0.25, 0.3) is 0 Å². The van der Waals surface area contributed by atoms with E-state index in [1.54, 1.807) is 13.0 Å². The SMILES string of the molecule is CCc1ccc(CC(NC)c2ccc(C)c(F)c2)nc1. The summed E-state index contributed by atoms with van der Waals surface area (Å²) in [6.45, 7) is 3.89. The Bertz CT molecular complexity index is 564. The van der Waals surface area contributed by atoms with E-state index in [2.05, 4.69) is 23.3 Å². The molecule has 3 heteroatoms. The lowest BCUT2D eigenvalue weighted by Crippen LogP contribution is -2.19. The number of aromatic nitrogens is 1. The van der Waals surface area contributed by atoms with Crippen LogP contribution in [-0.4, -0.2) is 12.0 Å². The van der Waals surface area contributed by atoms with Crippen LogP contribution in [0.1, 0.15) is 35.3 Å². The minimum Gasteiger partial charge on any atom is -0.313 e. The molecule has 0 bridgehead atoms. The van der Waals surface area contributed by atoms with Crippen LogP contribution < -0.4 is 5.32 Å². The summed E-state index contributed by atoms with van der Waals surface area (Å²) in [5.74, 6) is -0.156. The predicted octanol–water partition coefficient (Wildman–Crippen LogP) is 3.59. The van der Waals surface area contributed by atoms with E-state index in [1.807, 2.05) is 31.4 Å². The summed E-state index contributed by atoms with van der Waals surface area (Å²) in [4.78, 5) is 4.47. The van der Waals surface area contributed by atoms with Gasteiger partial charge in [-0.05, 0) is 49.2 Å². The van der Waals surface area contributed by atoms with Crippen molar-refractivity contribution in [3.05, 3.63) is 64.7 Å². The minimum absolute atomic E-state index is 0.0741. The van der Waals surface area contributed by atoms with E-state index in [-0.39, 0.29) is 11.9 Å². The van der Waals surface area contributed by atoms with Crippen LogP contribution in [0.4, 0.5) is 4.39 Å². The molecule has 20 heavy (non-hydrogen) atoms. The third-order valence-electron chi connectivity index (χ3n) is 3.65. The smallest absolute Gasteiger partial charge is 0.126 e. The second-order valence-corrected chi connectivity index (χ2v) is 5.07. The van der Waals surface area contributed by atoms with E-state index < -0.39 is 0 Å². The Hall–Kier alpha value is -1.74. The van der Waals surface area contributed by atoms with Crippen molar-refractivity contribution in [1.82, 2.24) is 10.3 Å². The largest absolute Gasteiger partial charge is 0.313 e. The number of nitrogens with one attached hydrogen (secondary N) is 1. The zero-order valence-corrected chi connectivity index (χ0v) is 12.3. The number of hydrogen-bond donors (Lipinski definition) is 1. The fraction of sp³-hybridized carbons (Fsp3) is 0.353. The number of pyridine rings is 1. The van der Waals surface area contributed by atoms with Crippen molar-refractivity contribution >= 4 is 0 Å². The van der Waals surface area contributed by atoms with Crippen molar-refractivity contribution in [2.24, 2.45) is 0 Å². The highest BCUT2D eigenvalue weighted by atomic mass is 19.1. The zero-order chi connectivity index (χ0) is 14.5. The number of benzene rings is 1. The summed E-state index contributed by atoms with van der Waals surface area (Å²) in [6, 6.07) is 9.63. The molecule has 2 aromatic rings. The summed E-state index contributed by atoms with van der Waals surface area (Å²) in [5, 5.41) is 3.24. The van der Waals surface area contributed by atoms with Crippen LogP contribution in [-0.2, 0) is 12.8 Å². The van der Waals surface area contributed by atoms with Gasteiger partial charge < -0.3 is 5.32 Å². The molecule has 0 aliphatic heterocycles. The molecule has 1 atom stereocenters. The van der Waals surface area contributed by atoms with Gasteiger partial charge in [0.2, 0.25) is 0 Å². The standard InChI is InChI=1S/C17H21FN2/c1-4-13-6-8-15(20-11-13)10-17(19-3)14-7-5-12(2)16(18)9-14/h5-9,11,17,19H,4,10H2,1-3H3. The Morgan fingerprint density at radius 3 is 2.60 bits per heavy atom. The summed E-state index contributed by atoms with van der Waals surface area (Å²) >= 11 is 0. The number of likely N-dealkylation sites (N-methyl/N-ethyl adjacent to an activating group) is 1. The number of hydrogen-bond acceptors (Lipinski definition) is 2. The van der Waals surface area contributed by atoms with Crippen molar-refractivity contribution in [3.8, 4) is 0 Å². The highest BCUT2D eigenvalue weighted by Gasteiger charge is 2.12. The van der Waals surface area contributed by atoms with E-state index in [0.717, 1.165) is 24.1 Å². The van der Waals surface area contributed by atoms with Gasteiger partial charge in [-0.3, -0.25) is 4.98 Å². The molecule has 0 spiro atoms. The van der Waals surface area contributed by atoms with Gasteiger partial charge in [-0.15, -0.1) is 0 Å². The second kappa shape index (κ2) is 6.62. The van der Waals surface area contributed by atoms with Crippen molar-refractivity contribution < 1.29 is 4.39 Å². The zero-order valence-electron chi connectivity index (χ0n) is 12.3. The number of nitrogens with zero attached hydrogens (tertiary/aromatic N) is 1. The normalized spacial score (nSPS) is 12.4. The molecule has 0 aliphatic rings. The molecule has 2 nitrogen and oxygen atoms in total. The van der Waals surface area contributed by atoms with Gasteiger partial charge in [0.05, 0.1) is 0 Å². The van der Waals surface area contributed by atoms with Crippen molar-refractivity contribution in [1.29, 1.82) is 0 Å². The molecule has 1 aromatic carbocycles. The molecular formula is C17H21FN2. The maximum absolute atomic E-state index is 13.7. The van der Waals surface area contributed by atoms with E-state index in [9.17, 15) is 4.39 Å². The Morgan fingerprint density at radius 2 is 2.05 bits per heavy atom. The Balaban J connectivity index is 2.16. The Morgan fingerprint density at radius 1 is 1.25 bits per heavy atom. The van der Waals surface area contributed by atoms with E-state index >= 15 is 0 Å². The average molecular weight is 272 g/mol. The molecule has 0 saturated carbocycles. The maximum Gasteiger partial charge on any atom is 0.126 e. The molecule has 106 valence electrons. The molecule has 1 heterocycles. The van der Waals surface area contributed by atoms with Gasteiger partial charge in [-0.1, -0.05) is 25.1 Å². The van der Waals surface area contributed by atoms with Gasteiger partial charge in [-0.25, -0.2) is 4.39 Å². The molecule has 2 rings (SSSR count). The molecule has 0 radical (unpaired) electrons. The third kappa shape index (κ3) is 3.42. The lowest BCUT2D eigenvalue weighted by molar-refractivity contribution is 0.569. The molecule has 0 saturated heterocycles. The quantitative estimate of drug-likeness (QED) is 0.899. The highest BCUT2D eigenvalue weighted by Crippen LogP contribution is 2.20. The summed E-state index contributed by atoms with van der Waals surface area (Å²) in [5.41, 5.74) is 3.88. The number of aryl methyl sites for hydroxylation is 2. The molecular weight excluding hydrogens is 251 g/mol. The van der Waals surface area contributed by atoms with Crippen LogP contribution in [0, 0.1) is 12.7 Å². The maximum atomic E-state index is 13.7. The van der Waals surface area contributed by atoms with E-state index in [1.165, 1.54) is 5.56 Å². The second-order valence-electron chi connectivity index (χ2n) is 5.07. The van der Waals surface area contributed by atoms with Crippen LogP contribution in [0.15, 0.2) is 36.5 Å². The average Bonchev–Trinajstić information content (AvgIpc) is 2.48. The molecule has 1 aromatic heterocycles. The van der Waals surface area contributed by atoms with Gasteiger partial charge in [0.1, 0.15) is 5.82 Å². The van der Waals surface area contributed by atoms with Crippen LogP contribution in [0.3, 0.4) is 0 Å². The predicted molar refractivity (Wildman–Crippen MR) is 80.3 cm³/mol. The monoisotopic (exact) mass is 272 g/mol. The first-order valence-corrected chi connectivity index (χ1v) is 7.01. The lowest BCUT2D eigenvalue weighted by Gasteiger charge is -2.17. The minimum atomic E-state index is -0.156. The van der Waals surface area contributed by atoms with Crippen molar-refractivity contribution in [3.63, 3.8) is 0 Å². The van der Waals surface area contributed by atoms with Crippen LogP contribution in [0.5, 0.6) is 0 Å². The molecule has 1 unspecified atom stereocenters. The Labute approximate surface area is 120 Å². The van der Waals surface area contributed by atoms with E-state index in [4.69, 9.17) is 0 Å². The van der Waals surface area contributed by atoms with Gasteiger partial charge in [-0.2, -0.15) is 0 Å². The first kappa shape index (κ1) is 14.7.